The van der Waals surface area contributed by atoms with E-state index in [1.807, 2.05) is 6.92 Å². The van der Waals surface area contributed by atoms with Crippen molar-refractivity contribution in [1.82, 2.24) is 14.9 Å². The topological polar surface area (TPSA) is 95.6 Å². The Bertz CT molecular complexity index is 776. The Morgan fingerprint density at radius 3 is 2.54 bits per heavy atom. The molecule has 1 fully saturated rings. The fraction of sp³-hybridized carbons (Fsp3) is 0.529. The third kappa shape index (κ3) is 4.75. The first-order chi connectivity index (χ1) is 12.3. The van der Waals surface area contributed by atoms with Crippen LogP contribution < -0.4 is 10.6 Å². The van der Waals surface area contributed by atoms with Crippen LogP contribution in [0.2, 0.25) is 5.02 Å². The molecule has 0 saturated carbocycles. The molecule has 1 aliphatic heterocycles. The van der Waals surface area contributed by atoms with Gasteiger partial charge in [-0.05, 0) is 44.4 Å². The summed E-state index contributed by atoms with van der Waals surface area (Å²) in [4.78, 5) is 24.2. The molecule has 0 unspecified atom stereocenters. The largest absolute Gasteiger partial charge is 0.354 e. The maximum Gasteiger partial charge on any atom is 0.251 e. The maximum absolute atomic E-state index is 12.7. The number of halogens is 1. The Morgan fingerprint density at radius 2 is 1.92 bits per heavy atom. The van der Waals surface area contributed by atoms with Crippen molar-refractivity contribution in [2.75, 3.05) is 19.6 Å². The van der Waals surface area contributed by atoms with E-state index in [-0.39, 0.29) is 21.4 Å². The van der Waals surface area contributed by atoms with Gasteiger partial charge in [-0.25, -0.2) is 8.42 Å². The maximum atomic E-state index is 12.7. The van der Waals surface area contributed by atoms with Gasteiger partial charge in [-0.2, -0.15) is 4.31 Å². The fourth-order valence-corrected chi connectivity index (χ4v) is 4.67. The van der Waals surface area contributed by atoms with Gasteiger partial charge in [0.15, 0.2) is 0 Å². The highest BCUT2D eigenvalue weighted by molar-refractivity contribution is 7.89. The highest BCUT2D eigenvalue weighted by Crippen LogP contribution is 2.28. The molecule has 1 aliphatic rings. The molecule has 0 spiro atoms. The number of nitrogens with zero attached hydrogens (tertiary/aromatic N) is 1. The van der Waals surface area contributed by atoms with Gasteiger partial charge in [0.2, 0.25) is 15.9 Å². The number of carbonyl (C=O) groups excluding carboxylic acids is 2. The van der Waals surface area contributed by atoms with Gasteiger partial charge in [0.1, 0.15) is 10.9 Å². The summed E-state index contributed by atoms with van der Waals surface area (Å²) < 4.78 is 26.8. The average molecular weight is 402 g/mol. The van der Waals surface area contributed by atoms with E-state index in [2.05, 4.69) is 10.6 Å². The minimum atomic E-state index is -3.74. The van der Waals surface area contributed by atoms with Crippen LogP contribution in [0.1, 0.15) is 43.5 Å². The van der Waals surface area contributed by atoms with Crippen LogP contribution in [0.15, 0.2) is 23.1 Å². The Balaban J connectivity index is 2.18. The summed E-state index contributed by atoms with van der Waals surface area (Å²) in [5.74, 6) is -0.822. The van der Waals surface area contributed by atoms with Crippen molar-refractivity contribution >= 4 is 33.4 Å². The first-order valence-electron chi connectivity index (χ1n) is 8.65. The fourth-order valence-electron chi connectivity index (χ4n) is 2.66. The first-order valence-corrected chi connectivity index (χ1v) is 10.5. The Morgan fingerprint density at radius 1 is 1.27 bits per heavy atom. The molecule has 26 heavy (non-hydrogen) atoms. The Kier molecular flexibility index (Phi) is 7.02. The third-order valence-corrected chi connectivity index (χ3v) is 6.55. The molecule has 0 aliphatic carbocycles. The van der Waals surface area contributed by atoms with Crippen LogP contribution in [0.4, 0.5) is 0 Å². The summed E-state index contributed by atoms with van der Waals surface area (Å²) in [6.07, 6.45) is 2.41. The minimum absolute atomic E-state index is 0.0715. The van der Waals surface area contributed by atoms with E-state index in [1.54, 1.807) is 6.92 Å². The van der Waals surface area contributed by atoms with Crippen LogP contribution in [0.3, 0.4) is 0 Å². The van der Waals surface area contributed by atoms with Gasteiger partial charge in [-0.15, -0.1) is 0 Å². The average Bonchev–Trinajstić information content (AvgIpc) is 3.15. The summed E-state index contributed by atoms with van der Waals surface area (Å²) in [5.41, 5.74) is 0.141. The standard InChI is InChI=1S/C17H24ClN3O4S/c1-3-8-19-16(22)12(2)20-17(23)13-6-7-14(18)15(11-13)26(24,25)21-9-4-5-10-21/h6-7,11-12H,3-5,8-10H2,1-2H3,(H,19,22)(H,20,23)/t12-/m0/s1. The van der Waals surface area contributed by atoms with Crippen molar-refractivity contribution in [1.29, 1.82) is 0 Å². The van der Waals surface area contributed by atoms with Gasteiger partial charge in [0, 0.05) is 25.2 Å². The highest BCUT2D eigenvalue weighted by Gasteiger charge is 2.30. The number of sulfonamides is 1. The van der Waals surface area contributed by atoms with Crippen molar-refractivity contribution in [3.63, 3.8) is 0 Å². The molecule has 7 nitrogen and oxygen atoms in total. The molecule has 1 saturated heterocycles. The van der Waals surface area contributed by atoms with Crippen molar-refractivity contribution in [2.24, 2.45) is 0 Å². The van der Waals surface area contributed by atoms with Gasteiger partial charge < -0.3 is 10.6 Å². The third-order valence-electron chi connectivity index (χ3n) is 4.17. The lowest BCUT2D eigenvalue weighted by Gasteiger charge is -2.18. The molecule has 1 aromatic rings. The molecule has 0 aromatic heterocycles. The summed E-state index contributed by atoms with van der Waals surface area (Å²) in [7, 11) is -3.74. The Labute approximate surface area is 159 Å². The molecule has 2 rings (SSSR count). The summed E-state index contributed by atoms with van der Waals surface area (Å²) in [6, 6.07) is 3.36. The van der Waals surface area contributed by atoms with Crippen LogP contribution in [0.25, 0.3) is 0 Å². The number of hydrogen-bond acceptors (Lipinski definition) is 4. The molecular weight excluding hydrogens is 378 g/mol. The van der Waals surface area contributed by atoms with Gasteiger partial charge in [-0.3, -0.25) is 9.59 Å². The molecule has 0 bridgehead atoms. The monoisotopic (exact) mass is 401 g/mol. The lowest BCUT2D eigenvalue weighted by atomic mass is 10.2. The van der Waals surface area contributed by atoms with E-state index in [1.165, 1.54) is 22.5 Å². The van der Waals surface area contributed by atoms with Crippen LogP contribution in [0.5, 0.6) is 0 Å². The van der Waals surface area contributed by atoms with Crippen LogP contribution in [-0.4, -0.2) is 50.2 Å². The van der Waals surface area contributed by atoms with E-state index in [4.69, 9.17) is 11.6 Å². The summed E-state index contributed by atoms with van der Waals surface area (Å²) in [6.45, 7) is 4.92. The molecule has 1 heterocycles. The predicted molar refractivity (Wildman–Crippen MR) is 99.7 cm³/mol. The number of nitrogens with one attached hydrogen (secondary N) is 2. The second-order valence-corrected chi connectivity index (χ2v) is 8.56. The van der Waals surface area contributed by atoms with Gasteiger partial charge in [0.05, 0.1) is 5.02 Å². The zero-order valence-corrected chi connectivity index (χ0v) is 16.5. The SMILES string of the molecule is CCCNC(=O)[C@H](C)NC(=O)c1ccc(Cl)c(S(=O)(=O)N2CCCC2)c1. The van der Waals surface area contributed by atoms with E-state index in [0.717, 1.165) is 19.3 Å². The van der Waals surface area contributed by atoms with Crippen molar-refractivity contribution < 1.29 is 18.0 Å². The molecular formula is C17H24ClN3O4S. The predicted octanol–water partition coefficient (Wildman–Crippen LogP) is 1.77. The van der Waals surface area contributed by atoms with Crippen molar-refractivity contribution in [3.05, 3.63) is 28.8 Å². The van der Waals surface area contributed by atoms with E-state index in [0.29, 0.717) is 19.6 Å². The van der Waals surface area contributed by atoms with Crippen LogP contribution >= 0.6 is 11.6 Å². The van der Waals surface area contributed by atoms with Crippen LogP contribution in [-0.2, 0) is 14.8 Å². The highest BCUT2D eigenvalue weighted by atomic mass is 35.5. The molecule has 1 atom stereocenters. The van der Waals surface area contributed by atoms with Gasteiger partial charge >= 0.3 is 0 Å². The number of amides is 2. The normalized spacial score (nSPS) is 16.3. The van der Waals surface area contributed by atoms with Crippen LogP contribution in [0, 0.1) is 0 Å². The quantitative estimate of drug-likeness (QED) is 0.727. The lowest BCUT2D eigenvalue weighted by molar-refractivity contribution is -0.122. The number of benzene rings is 1. The molecule has 2 N–H and O–H groups in total. The second kappa shape index (κ2) is 8.83. The van der Waals surface area contributed by atoms with E-state index >= 15 is 0 Å². The lowest BCUT2D eigenvalue weighted by Crippen LogP contribution is -2.45. The van der Waals surface area contributed by atoms with Gasteiger partial charge in [-0.1, -0.05) is 18.5 Å². The minimum Gasteiger partial charge on any atom is -0.354 e. The molecule has 2 amide bonds. The number of hydrogen-bond donors (Lipinski definition) is 2. The molecule has 144 valence electrons. The Hall–Kier alpha value is -1.64. The summed E-state index contributed by atoms with van der Waals surface area (Å²) in [5, 5.41) is 5.33. The van der Waals surface area contributed by atoms with Gasteiger partial charge in [0.25, 0.3) is 5.91 Å². The summed E-state index contributed by atoms with van der Waals surface area (Å²) >= 11 is 6.08. The van der Waals surface area contributed by atoms with E-state index < -0.39 is 22.0 Å². The van der Waals surface area contributed by atoms with Crippen molar-refractivity contribution in [3.8, 4) is 0 Å². The zero-order chi connectivity index (χ0) is 19.3. The smallest absolute Gasteiger partial charge is 0.251 e. The van der Waals surface area contributed by atoms with Crippen molar-refractivity contribution in [2.45, 2.75) is 44.0 Å². The second-order valence-electron chi connectivity index (χ2n) is 6.24. The zero-order valence-electron chi connectivity index (χ0n) is 14.9. The molecule has 1 aromatic carbocycles. The first kappa shape index (κ1) is 20.7. The molecule has 0 radical (unpaired) electrons. The van der Waals surface area contributed by atoms with E-state index in [9.17, 15) is 18.0 Å². The number of carbonyl (C=O) groups is 2. The molecule has 9 heteroatoms. The number of rotatable bonds is 7.